The van der Waals surface area contributed by atoms with Gasteiger partial charge in [0.1, 0.15) is 5.82 Å². The lowest BCUT2D eigenvalue weighted by Crippen LogP contribution is -2.24. The first-order chi connectivity index (χ1) is 8.79. The largest absolute Gasteiger partial charge is 0.478 e. The zero-order valence-corrected chi connectivity index (χ0v) is 11.1. The lowest BCUT2D eigenvalue weighted by Gasteiger charge is -2.08. The molecule has 0 fully saturated rings. The lowest BCUT2D eigenvalue weighted by molar-refractivity contribution is 0.0696. The number of benzene rings is 1. The van der Waals surface area contributed by atoms with Crippen LogP contribution in [0, 0.1) is 5.82 Å². The molecule has 8 heteroatoms. The van der Waals surface area contributed by atoms with Gasteiger partial charge in [0.25, 0.3) is 0 Å². The van der Waals surface area contributed by atoms with E-state index in [1.807, 2.05) is 0 Å². The molecule has 0 aliphatic heterocycles. The maximum atomic E-state index is 13.5. The number of nitrogens with one attached hydrogen (secondary N) is 2. The molecule has 1 aromatic carbocycles. The van der Waals surface area contributed by atoms with Crippen LogP contribution in [0.1, 0.15) is 16.8 Å². The van der Waals surface area contributed by atoms with E-state index >= 15 is 0 Å². The number of hydrogen-bond donors (Lipinski definition) is 3. The van der Waals surface area contributed by atoms with E-state index in [1.54, 1.807) is 0 Å². The van der Waals surface area contributed by atoms with Crippen molar-refractivity contribution in [3.63, 3.8) is 0 Å². The van der Waals surface area contributed by atoms with Crippen LogP contribution in [-0.2, 0) is 10.0 Å². The van der Waals surface area contributed by atoms with Gasteiger partial charge in [0.15, 0.2) is 0 Å². The van der Waals surface area contributed by atoms with Gasteiger partial charge in [0.05, 0.1) is 17.5 Å². The summed E-state index contributed by atoms with van der Waals surface area (Å²) < 4.78 is 37.3. The van der Waals surface area contributed by atoms with Gasteiger partial charge in [-0.1, -0.05) is 0 Å². The monoisotopic (exact) mass is 290 g/mol. The summed E-state index contributed by atoms with van der Waals surface area (Å²) in [4.78, 5) is 10.6. The smallest absolute Gasteiger partial charge is 0.335 e. The Labute approximate surface area is 110 Å². The highest BCUT2D eigenvalue weighted by Gasteiger charge is 2.07. The molecule has 3 N–H and O–H groups in total. The molecule has 0 bridgehead atoms. The van der Waals surface area contributed by atoms with Crippen molar-refractivity contribution in [1.82, 2.24) is 4.72 Å². The van der Waals surface area contributed by atoms with Crippen LogP contribution in [0.5, 0.6) is 0 Å². The van der Waals surface area contributed by atoms with Crippen LogP contribution in [0.4, 0.5) is 10.1 Å². The molecule has 0 saturated carbocycles. The maximum absolute atomic E-state index is 13.5. The van der Waals surface area contributed by atoms with E-state index in [0.717, 1.165) is 12.3 Å². The Hall–Kier alpha value is -1.67. The molecule has 0 aliphatic rings. The minimum Gasteiger partial charge on any atom is -0.478 e. The Kier molecular flexibility index (Phi) is 5.25. The second-order valence-corrected chi connectivity index (χ2v) is 5.78. The van der Waals surface area contributed by atoms with Crippen LogP contribution < -0.4 is 10.0 Å². The lowest BCUT2D eigenvalue weighted by atomic mass is 10.2. The van der Waals surface area contributed by atoms with Crippen molar-refractivity contribution in [2.24, 2.45) is 0 Å². The van der Waals surface area contributed by atoms with Gasteiger partial charge in [-0.15, -0.1) is 0 Å². The van der Waals surface area contributed by atoms with Crippen molar-refractivity contribution in [2.75, 3.05) is 24.7 Å². The number of sulfonamides is 1. The van der Waals surface area contributed by atoms with Gasteiger partial charge in [0, 0.05) is 13.1 Å². The second-order valence-electron chi connectivity index (χ2n) is 3.95. The zero-order chi connectivity index (χ0) is 14.5. The number of hydrogen-bond acceptors (Lipinski definition) is 4. The molecule has 19 heavy (non-hydrogen) atoms. The van der Waals surface area contributed by atoms with Gasteiger partial charge in [-0.3, -0.25) is 0 Å². The van der Waals surface area contributed by atoms with Crippen molar-refractivity contribution < 1.29 is 22.7 Å². The summed E-state index contributed by atoms with van der Waals surface area (Å²) in [5.74, 6) is -1.85. The first-order valence-electron chi connectivity index (χ1n) is 5.51. The molecule has 0 amide bonds. The minimum atomic E-state index is -3.21. The van der Waals surface area contributed by atoms with Crippen LogP contribution in [0.2, 0.25) is 0 Å². The van der Waals surface area contributed by atoms with E-state index in [9.17, 15) is 17.6 Å². The molecule has 6 nitrogen and oxygen atoms in total. The number of aromatic carboxylic acids is 1. The topological polar surface area (TPSA) is 95.5 Å². The predicted octanol–water partition coefficient (Wildman–Crippen LogP) is 0.875. The standard InChI is InChI=1S/C11H15FN2O4S/c1-19(17,18)14-6-2-5-13-10-4-3-8(11(15)16)7-9(10)12/h3-4,7,13-14H,2,5-6H2,1H3,(H,15,16). The average Bonchev–Trinajstić information content (AvgIpc) is 2.28. The molecule has 0 aliphatic carbocycles. The summed E-state index contributed by atoms with van der Waals surface area (Å²) in [5, 5.41) is 11.4. The average molecular weight is 290 g/mol. The van der Waals surface area contributed by atoms with Crippen molar-refractivity contribution >= 4 is 21.7 Å². The molecule has 1 rings (SSSR count). The molecule has 0 radical (unpaired) electrons. The van der Waals surface area contributed by atoms with Crippen LogP contribution in [-0.4, -0.2) is 38.8 Å². The number of carboxylic acid groups (broad SMARTS) is 1. The molecule has 0 heterocycles. The number of halogens is 1. The van der Waals surface area contributed by atoms with Crippen molar-refractivity contribution in [3.05, 3.63) is 29.6 Å². The predicted molar refractivity (Wildman–Crippen MR) is 69.3 cm³/mol. The van der Waals surface area contributed by atoms with Crippen molar-refractivity contribution in [3.8, 4) is 0 Å². The SMILES string of the molecule is CS(=O)(=O)NCCCNc1ccc(C(=O)O)cc1F. The van der Waals surface area contributed by atoms with Gasteiger partial charge in [-0.2, -0.15) is 0 Å². The third-order valence-corrected chi connectivity index (χ3v) is 2.98. The molecule has 106 valence electrons. The van der Waals surface area contributed by atoms with Crippen LogP contribution >= 0.6 is 0 Å². The van der Waals surface area contributed by atoms with E-state index in [4.69, 9.17) is 5.11 Å². The van der Waals surface area contributed by atoms with E-state index in [2.05, 4.69) is 10.0 Å². The molecule has 0 aromatic heterocycles. The fourth-order valence-corrected chi connectivity index (χ4v) is 1.88. The minimum absolute atomic E-state index is 0.123. The van der Waals surface area contributed by atoms with Gasteiger partial charge >= 0.3 is 5.97 Å². The Morgan fingerprint density at radius 2 is 2.05 bits per heavy atom. The molecular formula is C11H15FN2O4S. The van der Waals surface area contributed by atoms with E-state index < -0.39 is 21.8 Å². The van der Waals surface area contributed by atoms with E-state index in [-0.39, 0.29) is 17.8 Å². The van der Waals surface area contributed by atoms with Gasteiger partial charge in [-0.25, -0.2) is 22.3 Å². The Morgan fingerprint density at radius 3 is 2.58 bits per heavy atom. The normalized spacial score (nSPS) is 11.3. The van der Waals surface area contributed by atoms with E-state index in [1.165, 1.54) is 12.1 Å². The summed E-state index contributed by atoms with van der Waals surface area (Å²) in [5.41, 5.74) is 0.0612. The highest BCUT2D eigenvalue weighted by Crippen LogP contribution is 2.15. The second kappa shape index (κ2) is 6.48. The molecule has 1 aromatic rings. The van der Waals surface area contributed by atoms with Gasteiger partial charge in [0.2, 0.25) is 10.0 Å². The maximum Gasteiger partial charge on any atom is 0.335 e. The Morgan fingerprint density at radius 1 is 1.37 bits per heavy atom. The summed E-state index contributed by atoms with van der Waals surface area (Å²) in [6.45, 7) is 0.618. The van der Waals surface area contributed by atoms with Crippen LogP contribution in [0.25, 0.3) is 0 Å². The molecule has 0 spiro atoms. The van der Waals surface area contributed by atoms with Crippen LogP contribution in [0.15, 0.2) is 18.2 Å². The fraction of sp³-hybridized carbons (Fsp3) is 0.364. The summed E-state index contributed by atoms with van der Waals surface area (Å²) in [7, 11) is -3.21. The van der Waals surface area contributed by atoms with Crippen LogP contribution in [0.3, 0.4) is 0 Å². The quantitative estimate of drug-likeness (QED) is 0.648. The molecule has 0 unspecified atom stereocenters. The number of carboxylic acids is 1. The third-order valence-electron chi connectivity index (χ3n) is 2.25. The first kappa shape index (κ1) is 15.4. The fourth-order valence-electron chi connectivity index (χ4n) is 1.36. The number of carbonyl (C=O) groups is 1. The zero-order valence-electron chi connectivity index (χ0n) is 10.3. The highest BCUT2D eigenvalue weighted by atomic mass is 32.2. The first-order valence-corrected chi connectivity index (χ1v) is 7.40. The summed E-state index contributed by atoms with van der Waals surface area (Å²) >= 11 is 0. The Balaban J connectivity index is 2.44. The van der Waals surface area contributed by atoms with Gasteiger partial charge < -0.3 is 10.4 Å². The van der Waals surface area contributed by atoms with E-state index in [0.29, 0.717) is 13.0 Å². The van der Waals surface area contributed by atoms with Crippen molar-refractivity contribution in [2.45, 2.75) is 6.42 Å². The third kappa shape index (κ3) is 5.66. The van der Waals surface area contributed by atoms with Gasteiger partial charge in [-0.05, 0) is 24.6 Å². The number of rotatable bonds is 7. The highest BCUT2D eigenvalue weighted by molar-refractivity contribution is 7.88. The summed E-state index contributed by atoms with van der Waals surface area (Å²) in [6, 6.07) is 3.56. The van der Waals surface area contributed by atoms with Crippen molar-refractivity contribution in [1.29, 1.82) is 0 Å². The molecular weight excluding hydrogens is 275 g/mol. The number of anilines is 1. The molecule has 0 saturated heterocycles. The summed E-state index contributed by atoms with van der Waals surface area (Å²) in [6.07, 6.45) is 1.54. The Bertz CT molecular complexity index is 560. The molecule has 0 atom stereocenters.